The molecule has 3 rings (SSSR count). The fourth-order valence-corrected chi connectivity index (χ4v) is 2.15. The number of ketones is 1. The van der Waals surface area contributed by atoms with Crippen LogP contribution >= 0.6 is 0 Å². The lowest BCUT2D eigenvalue weighted by Crippen LogP contribution is -2.05. The van der Waals surface area contributed by atoms with E-state index < -0.39 is 0 Å². The first-order chi connectivity index (χ1) is 10.1. The van der Waals surface area contributed by atoms with Gasteiger partial charge in [-0.05, 0) is 35.9 Å². The zero-order chi connectivity index (χ0) is 14.8. The van der Waals surface area contributed by atoms with Gasteiger partial charge in [-0.3, -0.25) is 9.59 Å². The summed E-state index contributed by atoms with van der Waals surface area (Å²) < 4.78 is 5.56. The molecule has 1 aliphatic rings. The Kier molecular flexibility index (Phi) is 3.28. The molecule has 2 aromatic carbocycles. The molecule has 0 bridgehead atoms. The molecule has 21 heavy (non-hydrogen) atoms. The Bertz CT molecular complexity index is 745. The third kappa shape index (κ3) is 2.69. The predicted molar refractivity (Wildman–Crippen MR) is 80.1 cm³/mol. The highest BCUT2D eigenvalue weighted by molar-refractivity contribution is 6.14. The second kappa shape index (κ2) is 5.25. The van der Waals surface area contributed by atoms with Gasteiger partial charge >= 0.3 is 0 Å². The van der Waals surface area contributed by atoms with Gasteiger partial charge in [0, 0.05) is 12.6 Å². The molecule has 2 aromatic rings. The molecule has 0 spiro atoms. The Morgan fingerprint density at radius 2 is 1.81 bits per heavy atom. The lowest BCUT2D eigenvalue weighted by atomic mass is 10.1. The van der Waals surface area contributed by atoms with Crippen LogP contribution < -0.4 is 10.1 Å². The Morgan fingerprint density at radius 1 is 1.10 bits per heavy atom. The van der Waals surface area contributed by atoms with E-state index >= 15 is 0 Å². The van der Waals surface area contributed by atoms with Crippen LogP contribution in [-0.4, -0.2) is 11.7 Å². The molecule has 104 valence electrons. The van der Waals surface area contributed by atoms with Crippen LogP contribution in [0.3, 0.4) is 0 Å². The normalized spacial score (nSPS) is 14.7. The maximum absolute atomic E-state index is 12.2. The average molecular weight is 279 g/mol. The number of hydrogen-bond donors (Lipinski definition) is 1. The monoisotopic (exact) mass is 279 g/mol. The third-order valence-corrected chi connectivity index (χ3v) is 3.10. The van der Waals surface area contributed by atoms with Gasteiger partial charge in [0.15, 0.2) is 5.76 Å². The number of carbonyl (C=O) groups is 2. The molecule has 0 atom stereocenters. The van der Waals surface area contributed by atoms with Crippen LogP contribution in [0, 0.1) is 0 Å². The molecule has 0 aliphatic carbocycles. The number of fused-ring (bicyclic) bond motifs is 1. The number of ether oxygens (including phenoxy) is 1. The Morgan fingerprint density at radius 3 is 2.48 bits per heavy atom. The number of benzene rings is 2. The van der Waals surface area contributed by atoms with E-state index in [0.29, 0.717) is 22.8 Å². The van der Waals surface area contributed by atoms with Crippen molar-refractivity contribution >= 4 is 23.5 Å². The van der Waals surface area contributed by atoms with Crippen molar-refractivity contribution in [1.29, 1.82) is 0 Å². The molecule has 1 N–H and O–H groups in total. The molecule has 1 heterocycles. The maximum atomic E-state index is 12.2. The predicted octanol–water partition coefficient (Wildman–Crippen LogP) is 3.26. The number of anilines is 1. The van der Waals surface area contributed by atoms with E-state index in [-0.39, 0.29) is 11.7 Å². The molecule has 4 heteroatoms. The van der Waals surface area contributed by atoms with Crippen LogP contribution in [0.5, 0.6) is 5.75 Å². The average Bonchev–Trinajstić information content (AvgIpc) is 2.78. The Balaban J connectivity index is 1.84. The van der Waals surface area contributed by atoms with Crippen molar-refractivity contribution in [3.05, 3.63) is 65.4 Å². The summed E-state index contributed by atoms with van der Waals surface area (Å²) >= 11 is 0. The Hall–Kier alpha value is -2.88. The van der Waals surface area contributed by atoms with Crippen molar-refractivity contribution in [2.75, 3.05) is 5.32 Å². The molecule has 0 unspecified atom stereocenters. The van der Waals surface area contributed by atoms with Crippen molar-refractivity contribution < 1.29 is 14.3 Å². The van der Waals surface area contributed by atoms with Gasteiger partial charge in [-0.2, -0.15) is 0 Å². The largest absolute Gasteiger partial charge is 0.452 e. The van der Waals surface area contributed by atoms with Gasteiger partial charge in [-0.15, -0.1) is 0 Å². The maximum Gasteiger partial charge on any atom is 0.231 e. The van der Waals surface area contributed by atoms with Crippen LogP contribution in [0.15, 0.2) is 54.3 Å². The zero-order valence-corrected chi connectivity index (χ0v) is 11.4. The minimum Gasteiger partial charge on any atom is -0.452 e. The van der Waals surface area contributed by atoms with Crippen molar-refractivity contribution in [2.24, 2.45) is 0 Å². The van der Waals surface area contributed by atoms with E-state index in [2.05, 4.69) is 5.32 Å². The second-order valence-electron chi connectivity index (χ2n) is 4.74. The van der Waals surface area contributed by atoms with Gasteiger partial charge in [0.2, 0.25) is 11.7 Å². The second-order valence-corrected chi connectivity index (χ2v) is 4.74. The number of hydrogen-bond acceptors (Lipinski definition) is 3. The fraction of sp³-hybridized carbons (Fsp3) is 0.0588. The Labute approximate surface area is 122 Å². The van der Waals surface area contributed by atoms with Gasteiger partial charge < -0.3 is 10.1 Å². The first kappa shape index (κ1) is 13.1. The molecule has 0 aromatic heterocycles. The fourth-order valence-electron chi connectivity index (χ4n) is 2.15. The molecular weight excluding hydrogens is 266 g/mol. The molecule has 0 saturated heterocycles. The highest BCUT2D eigenvalue weighted by Gasteiger charge is 2.26. The topological polar surface area (TPSA) is 55.4 Å². The number of para-hydroxylation sites is 1. The quantitative estimate of drug-likeness (QED) is 0.858. The minimum absolute atomic E-state index is 0.114. The number of rotatable bonds is 2. The molecule has 1 amide bonds. The van der Waals surface area contributed by atoms with E-state index in [1.54, 1.807) is 30.3 Å². The van der Waals surface area contributed by atoms with Gasteiger partial charge in [-0.1, -0.05) is 24.3 Å². The number of Topliss-reactive ketones (excluding diaryl/α,β-unsaturated/α-hetero) is 1. The molecule has 0 saturated carbocycles. The van der Waals surface area contributed by atoms with Crippen LogP contribution in [0.2, 0.25) is 0 Å². The highest BCUT2D eigenvalue weighted by atomic mass is 16.5. The van der Waals surface area contributed by atoms with Gasteiger partial charge in [-0.25, -0.2) is 0 Å². The van der Waals surface area contributed by atoms with E-state index in [1.807, 2.05) is 24.3 Å². The van der Waals surface area contributed by atoms with E-state index in [9.17, 15) is 9.59 Å². The van der Waals surface area contributed by atoms with Crippen molar-refractivity contribution in [3.63, 3.8) is 0 Å². The number of nitrogens with one attached hydrogen (secondary N) is 1. The van der Waals surface area contributed by atoms with E-state index in [0.717, 1.165) is 5.56 Å². The van der Waals surface area contributed by atoms with Gasteiger partial charge in [0.25, 0.3) is 0 Å². The van der Waals surface area contributed by atoms with Crippen LogP contribution in [0.1, 0.15) is 22.8 Å². The van der Waals surface area contributed by atoms with Gasteiger partial charge in [0.1, 0.15) is 5.75 Å². The molecule has 0 radical (unpaired) electrons. The molecule has 1 aliphatic heterocycles. The third-order valence-electron chi connectivity index (χ3n) is 3.10. The number of allylic oxidation sites excluding steroid dienone is 1. The summed E-state index contributed by atoms with van der Waals surface area (Å²) in [6.07, 6.45) is 1.69. The molecule has 0 fully saturated rings. The minimum atomic E-state index is -0.120. The smallest absolute Gasteiger partial charge is 0.231 e. The van der Waals surface area contributed by atoms with E-state index in [1.165, 1.54) is 6.92 Å². The summed E-state index contributed by atoms with van der Waals surface area (Å²) in [6, 6.07) is 14.4. The van der Waals surface area contributed by atoms with Gasteiger partial charge in [0.05, 0.1) is 5.56 Å². The highest BCUT2D eigenvalue weighted by Crippen LogP contribution is 2.31. The lowest BCUT2D eigenvalue weighted by Gasteiger charge is -2.02. The summed E-state index contributed by atoms with van der Waals surface area (Å²) in [6.45, 7) is 1.46. The van der Waals surface area contributed by atoms with Crippen LogP contribution in [0.4, 0.5) is 5.69 Å². The van der Waals surface area contributed by atoms with Crippen LogP contribution in [0.25, 0.3) is 6.08 Å². The summed E-state index contributed by atoms with van der Waals surface area (Å²) in [5, 5.41) is 2.69. The van der Waals surface area contributed by atoms with Crippen molar-refractivity contribution in [2.45, 2.75) is 6.92 Å². The first-order valence-electron chi connectivity index (χ1n) is 6.54. The molecular formula is C17H13NO3. The summed E-state index contributed by atoms with van der Waals surface area (Å²) in [7, 11) is 0. The molecule has 4 nitrogen and oxygen atoms in total. The van der Waals surface area contributed by atoms with E-state index in [4.69, 9.17) is 4.74 Å². The SMILES string of the molecule is CC(=O)Nc1ccc(/C=C2\Oc3ccccc3C2=O)cc1. The van der Waals surface area contributed by atoms with Crippen molar-refractivity contribution in [1.82, 2.24) is 0 Å². The summed E-state index contributed by atoms with van der Waals surface area (Å²) in [4.78, 5) is 23.1. The standard InChI is InChI=1S/C17H13NO3/c1-11(19)18-13-8-6-12(7-9-13)10-16-17(20)14-4-2-3-5-15(14)21-16/h2-10H,1H3,(H,18,19)/b16-10-. The first-order valence-corrected chi connectivity index (χ1v) is 6.54. The zero-order valence-electron chi connectivity index (χ0n) is 11.4. The summed E-state index contributed by atoms with van der Waals surface area (Å²) in [5.41, 5.74) is 2.13. The lowest BCUT2D eigenvalue weighted by molar-refractivity contribution is -0.114. The number of carbonyl (C=O) groups excluding carboxylic acids is 2. The van der Waals surface area contributed by atoms with Crippen LogP contribution in [-0.2, 0) is 4.79 Å². The number of amides is 1. The van der Waals surface area contributed by atoms with Crippen molar-refractivity contribution in [3.8, 4) is 5.75 Å². The summed E-state index contributed by atoms with van der Waals surface area (Å²) in [5.74, 6) is 0.662.